The number of hydrogen-bond donors (Lipinski definition) is 2. The number of piperidine rings is 1. The number of carbonyl (C=O) groups is 2. The number of carboxylic acids is 1. The molecule has 29 heavy (non-hydrogen) atoms. The molecular formula is C22H36ClN3O3. The summed E-state index contributed by atoms with van der Waals surface area (Å²) in [5.41, 5.74) is 2.45. The van der Waals surface area contributed by atoms with Crippen molar-refractivity contribution in [2.75, 3.05) is 33.2 Å². The van der Waals surface area contributed by atoms with Crippen molar-refractivity contribution in [2.24, 2.45) is 5.92 Å². The average molecular weight is 426 g/mol. The van der Waals surface area contributed by atoms with E-state index in [1.807, 2.05) is 18.9 Å². The van der Waals surface area contributed by atoms with Crippen LogP contribution in [0.2, 0.25) is 0 Å². The van der Waals surface area contributed by atoms with Gasteiger partial charge in [0.2, 0.25) is 5.91 Å². The van der Waals surface area contributed by atoms with E-state index in [0.717, 1.165) is 37.9 Å². The first-order valence-electron chi connectivity index (χ1n) is 10.3. The Balaban J connectivity index is 0.00000420. The Hall–Kier alpha value is -1.63. The summed E-state index contributed by atoms with van der Waals surface area (Å²) < 4.78 is 0. The van der Waals surface area contributed by atoms with Crippen molar-refractivity contribution in [3.05, 3.63) is 35.4 Å². The number of carbonyl (C=O) groups excluding carboxylic acids is 1. The highest BCUT2D eigenvalue weighted by Crippen LogP contribution is 2.17. The monoisotopic (exact) mass is 425 g/mol. The second kappa shape index (κ2) is 12.2. The minimum atomic E-state index is -0.796. The van der Waals surface area contributed by atoms with Gasteiger partial charge in [0.25, 0.3) is 0 Å². The van der Waals surface area contributed by atoms with Crippen LogP contribution in [0, 0.1) is 5.92 Å². The Morgan fingerprint density at radius 3 is 2.28 bits per heavy atom. The van der Waals surface area contributed by atoms with E-state index in [4.69, 9.17) is 5.11 Å². The van der Waals surface area contributed by atoms with E-state index in [-0.39, 0.29) is 36.9 Å². The maximum absolute atomic E-state index is 12.4. The second-order valence-corrected chi connectivity index (χ2v) is 8.44. The molecule has 1 unspecified atom stereocenters. The molecule has 2 N–H and O–H groups in total. The van der Waals surface area contributed by atoms with Crippen LogP contribution in [-0.2, 0) is 16.0 Å². The van der Waals surface area contributed by atoms with Gasteiger partial charge in [-0.05, 0) is 50.3 Å². The van der Waals surface area contributed by atoms with E-state index in [2.05, 4.69) is 48.3 Å². The summed E-state index contributed by atoms with van der Waals surface area (Å²) in [6.45, 7) is 8.54. The molecule has 1 amide bonds. The lowest BCUT2D eigenvalue weighted by Crippen LogP contribution is -2.47. The van der Waals surface area contributed by atoms with Crippen LogP contribution in [0.25, 0.3) is 0 Å². The minimum Gasteiger partial charge on any atom is -0.480 e. The number of carboxylic acid groups (broad SMARTS) is 1. The zero-order valence-electron chi connectivity index (χ0n) is 18.1. The van der Waals surface area contributed by atoms with Gasteiger partial charge in [-0.15, -0.1) is 12.4 Å². The number of nitrogens with zero attached hydrogens (tertiary/aromatic N) is 2. The Labute approximate surface area is 181 Å². The Kier molecular flexibility index (Phi) is 10.6. The molecule has 0 spiro atoms. The summed E-state index contributed by atoms with van der Waals surface area (Å²) in [5.74, 6) is -0.123. The summed E-state index contributed by atoms with van der Waals surface area (Å²) in [7, 11) is 1.86. The largest absolute Gasteiger partial charge is 0.480 e. The van der Waals surface area contributed by atoms with E-state index in [1.165, 1.54) is 5.56 Å². The molecular weight excluding hydrogens is 390 g/mol. The van der Waals surface area contributed by atoms with Crippen molar-refractivity contribution in [3.8, 4) is 0 Å². The number of amides is 1. The van der Waals surface area contributed by atoms with Gasteiger partial charge in [-0.1, -0.05) is 38.1 Å². The zero-order chi connectivity index (χ0) is 20.7. The van der Waals surface area contributed by atoms with Gasteiger partial charge in [-0.25, -0.2) is 0 Å². The van der Waals surface area contributed by atoms with E-state index in [0.29, 0.717) is 12.5 Å². The number of benzene rings is 1. The highest BCUT2D eigenvalue weighted by molar-refractivity contribution is 5.85. The molecule has 1 heterocycles. The SMILES string of the molecule is CC(C)Cc1ccc(C(C)NC(=O)CN2CCC(N(C)CC(=O)O)CC2)cc1.Cl. The lowest BCUT2D eigenvalue weighted by Gasteiger charge is -2.35. The molecule has 0 radical (unpaired) electrons. The molecule has 1 aliphatic heterocycles. The minimum absolute atomic E-state index is 0. The van der Waals surface area contributed by atoms with E-state index >= 15 is 0 Å². The van der Waals surface area contributed by atoms with Crippen LogP contribution in [-0.4, -0.2) is 66.1 Å². The van der Waals surface area contributed by atoms with E-state index in [9.17, 15) is 9.59 Å². The second-order valence-electron chi connectivity index (χ2n) is 8.44. The number of halogens is 1. The van der Waals surface area contributed by atoms with Crippen molar-refractivity contribution in [1.82, 2.24) is 15.1 Å². The van der Waals surface area contributed by atoms with Crippen molar-refractivity contribution in [2.45, 2.75) is 52.1 Å². The highest BCUT2D eigenvalue weighted by Gasteiger charge is 2.24. The molecule has 1 saturated heterocycles. The number of nitrogens with one attached hydrogen (secondary N) is 1. The quantitative estimate of drug-likeness (QED) is 0.636. The third-order valence-electron chi connectivity index (χ3n) is 5.43. The Morgan fingerprint density at radius 2 is 1.76 bits per heavy atom. The van der Waals surface area contributed by atoms with Crippen LogP contribution in [0.5, 0.6) is 0 Å². The number of likely N-dealkylation sites (tertiary alicyclic amines) is 1. The number of aliphatic carboxylic acids is 1. The first-order chi connectivity index (χ1) is 13.2. The fourth-order valence-electron chi connectivity index (χ4n) is 3.85. The Morgan fingerprint density at radius 1 is 1.17 bits per heavy atom. The van der Waals surface area contributed by atoms with Gasteiger partial charge < -0.3 is 10.4 Å². The first kappa shape index (κ1) is 25.4. The van der Waals surface area contributed by atoms with Crippen LogP contribution < -0.4 is 5.32 Å². The zero-order valence-corrected chi connectivity index (χ0v) is 18.9. The van der Waals surface area contributed by atoms with Gasteiger partial charge in [0.1, 0.15) is 0 Å². The van der Waals surface area contributed by atoms with Gasteiger partial charge >= 0.3 is 5.97 Å². The predicted molar refractivity (Wildman–Crippen MR) is 119 cm³/mol. The molecule has 0 saturated carbocycles. The van der Waals surface area contributed by atoms with Crippen molar-refractivity contribution in [1.29, 1.82) is 0 Å². The lowest BCUT2D eigenvalue weighted by atomic mass is 10.00. The van der Waals surface area contributed by atoms with Crippen LogP contribution >= 0.6 is 12.4 Å². The summed E-state index contributed by atoms with van der Waals surface area (Å²) >= 11 is 0. The van der Waals surface area contributed by atoms with Crippen molar-refractivity contribution in [3.63, 3.8) is 0 Å². The lowest BCUT2D eigenvalue weighted by molar-refractivity contribution is -0.138. The number of hydrogen-bond acceptors (Lipinski definition) is 4. The fourth-order valence-corrected chi connectivity index (χ4v) is 3.85. The van der Waals surface area contributed by atoms with E-state index < -0.39 is 5.97 Å². The maximum Gasteiger partial charge on any atom is 0.317 e. The maximum atomic E-state index is 12.4. The van der Waals surface area contributed by atoms with Gasteiger partial charge in [0, 0.05) is 19.1 Å². The average Bonchev–Trinajstić information content (AvgIpc) is 2.61. The molecule has 0 aliphatic carbocycles. The molecule has 0 bridgehead atoms. The number of rotatable bonds is 9. The van der Waals surface area contributed by atoms with E-state index in [1.54, 1.807) is 0 Å². The molecule has 1 atom stereocenters. The summed E-state index contributed by atoms with van der Waals surface area (Å²) in [6.07, 6.45) is 2.85. The van der Waals surface area contributed by atoms with Crippen LogP contribution in [0.1, 0.15) is 50.8 Å². The van der Waals surface area contributed by atoms with Gasteiger partial charge in [0.15, 0.2) is 0 Å². The molecule has 1 aromatic carbocycles. The molecule has 1 aliphatic rings. The van der Waals surface area contributed by atoms with Crippen LogP contribution in [0.15, 0.2) is 24.3 Å². The van der Waals surface area contributed by atoms with Gasteiger partial charge in [-0.2, -0.15) is 0 Å². The van der Waals surface area contributed by atoms with Crippen molar-refractivity contribution >= 4 is 24.3 Å². The van der Waals surface area contributed by atoms with Gasteiger partial charge in [-0.3, -0.25) is 19.4 Å². The summed E-state index contributed by atoms with van der Waals surface area (Å²) in [4.78, 5) is 27.3. The first-order valence-corrected chi connectivity index (χ1v) is 10.3. The normalized spacial score (nSPS) is 16.5. The molecule has 7 heteroatoms. The topological polar surface area (TPSA) is 72.9 Å². The number of likely N-dealkylation sites (N-methyl/N-ethyl adjacent to an activating group) is 1. The van der Waals surface area contributed by atoms with Crippen molar-refractivity contribution < 1.29 is 14.7 Å². The fraction of sp³-hybridized carbons (Fsp3) is 0.636. The third kappa shape index (κ3) is 8.72. The van der Waals surface area contributed by atoms with Gasteiger partial charge in [0.05, 0.1) is 19.1 Å². The molecule has 2 rings (SSSR count). The summed E-state index contributed by atoms with van der Waals surface area (Å²) in [5, 5.41) is 12.0. The smallest absolute Gasteiger partial charge is 0.317 e. The molecule has 6 nitrogen and oxygen atoms in total. The molecule has 164 valence electrons. The third-order valence-corrected chi connectivity index (χ3v) is 5.43. The predicted octanol–water partition coefficient (Wildman–Crippen LogP) is 2.96. The van der Waals surface area contributed by atoms with Crippen LogP contribution in [0.3, 0.4) is 0 Å². The van der Waals surface area contributed by atoms with Crippen LogP contribution in [0.4, 0.5) is 0 Å². The Bertz CT molecular complexity index is 643. The molecule has 1 aromatic rings. The molecule has 1 fully saturated rings. The standard InChI is InChI=1S/C22H35N3O3.ClH/c1-16(2)13-18-5-7-19(8-6-18)17(3)23-21(26)14-25-11-9-20(10-12-25)24(4)15-22(27)28;/h5-8,16-17,20H,9-15H2,1-4H3,(H,23,26)(H,27,28);1H. The highest BCUT2D eigenvalue weighted by atomic mass is 35.5. The summed E-state index contributed by atoms with van der Waals surface area (Å²) in [6, 6.07) is 8.77. The molecule has 0 aromatic heterocycles.